The van der Waals surface area contributed by atoms with Gasteiger partial charge < -0.3 is 9.88 Å². The van der Waals surface area contributed by atoms with Gasteiger partial charge in [-0.2, -0.15) is 0 Å². The molecule has 2 aliphatic carbocycles. The number of thioether (sulfide) groups is 1. The molecule has 5 heteroatoms. The maximum atomic E-state index is 4.41. The summed E-state index contributed by atoms with van der Waals surface area (Å²) in [5.41, 5.74) is 0. The van der Waals surface area contributed by atoms with Gasteiger partial charge in [-0.1, -0.05) is 11.8 Å². The van der Waals surface area contributed by atoms with Crippen molar-refractivity contribution in [3.8, 4) is 0 Å². The van der Waals surface area contributed by atoms with Crippen molar-refractivity contribution in [2.75, 3.05) is 19.3 Å². The van der Waals surface area contributed by atoms with Gasteiger partial charge in [-0.15, -0.1) is 10.2 Å². The average molecular weight is 252 g/mol. The summed E-state index contributed by atoms with van der Waals surface area (Å²) in [5.74, 6) is 3.12. The first-order valence-corrected chi connectivity index (χ1v) is 7.61. The van der Waals surface area contributed by atoms with Gasteiger partial charge in [0.1, 0.15) is 5.82 Å². The minimum Gasteiger partial charge on any atom is -0.320 e. The Morgan fingerprint density at radius 1 is 1.29 bits per heavy atom. The third kappa shape index (κ3) is 2.65. The second-order valence-electron chi connectivity index (χ2n) is 5.02. The highest BCUT2D eigenvalue weighted by Crippen LogP contribution is 2.45. The fourth-order valence-corrected chi connectivity index (χ4v) is 3.05. The molecule has 4 nitrogen and oxygen atoms in total. The Morgan fingerprint density at radius 3 is 2.76 bits per heavy atom. The van der Waals surface area contributed by atoms with Crippen LogP contribution in [0.1, 0.15) is 49.9 Å². The molecule has 2 saturated carbocycles. The lowest BCUT2D eigenvalue weighted by molar-refractivity contribution is 0.626. The topological polar surface area (TPSA) is 42.7 Å². The maximum absolute atomic E-state index is 4.41. The zero-order chi connectivity index (χ0) is 11.7. The first-order chi connectivity index (χ1) is 8.40. The first kappa shape index (κ1) is 11.5. The second-order valence-corrected chi connectivity index (χ2v) is 6.08. The molecule has 0 radical (unpaired) electrons. The van der Waals surface area contributed by atoms with E-state index in [0.717, 1.165) is 23.4 Å². The predicted octanol–water partition coefficient (Wildman–Crippen LogP) is 2.19. The van der Waals surface area contributed by atoms with Gasteiger partial charge in [0.05, 0.1) is 0 Å². The zero-order valence-corrected chi connectivity index (χ0v) is 11.2. The molecule has 1 N–H and O–H groups in total. The number of hydrogen-bond acceptors (Lipinski definition) is 4. The molecule has 3 rings (SSSR count). The van der Waals surface area contributed by atoms with Crippen molar-refractivity contribution in [1.29, 1.82) is 0 Å². The van der Waals surface area contributed by atoms with E-state index in [9.17, 15) is 0 Å². The minimum absolute atomic E-state index is 0.715. The summed E-state index contributed by atoms with van der Waals surface area (Å²) >= 11 is 1.87. The molecule has 1 aromatic rings. The summed E-state index contributed by atoms with van der Waals surface area (Å²) in [6.07, 6.45) is 6.46. The number of nitrogens with one attached hydrogen (secondary N) is 1. The van der Waals surface area contributed by atoms with Crippen LogP contribution in [0.4, 0.5) is 0 Å². The first-order valence-electron chi connectivity index (χ1n) is 6.62. The highest BCUT2D eigenvalue weighted by atomic mass is 32.2. The van der Waals surface area contributed by atoms with Crippen LogP contribution in [0, 0.1) is 0 Å². The van der Waals surface area contributed by atoms with E-state index in [2.05, 4.69) is 20.1 Å². The third-order valence-electron chi connectivity index (χ3n) is 3.35. The Labute approximate surface area is 107 Å². The van der Waals surface area contributed by atoms with Crippen LogP contribution in [0.15, 0.2) is 5.16 Å². The standard InChI is InChI=1S/C12H20N4S/c1-13-7-2-8-17-12-15-14-11(9-3-4-9)16(12)10-5-6-10/h9-10,13H,2-8H2,1H3. The lowest BCUT2D eigenvalue weighted by Crippen LogP contribution is -2.08. The quantitative estimate of drug-likeness (QED) is 0.597. The van der Waals surface area contributed by atoms with Crippen LogP contribution >= 0.6 is 11.8 Å². The summed E-state index contributed by atoms with van der Waals surface area (Å²) < 4.78 is 2.43. The van der Waals surface area contributed by atoms with Crippen LogP contribution in [0.25, 0.3) is 0 Å². The molecule has 0 amide bonds. The molecule has 1 aromatic heterocycles. The summed E-state index contributed by atoms with van der Waals surface area (Å²) in [4.78, 5) is 0. The molecular weight excluding hydrogens is 232 g/mol. The maximum Gasteiger partial charge on any atom is 0.191 e. The van der Waals surface area contributed by atoms with Crippen LogP contribution in [0.2, 0.25) is 0 Å². The molecular formula is C12H20N4S. The third-order valence-corrected chi connectivity index (χ3v) is 4.38. The summed E-state index contributed by atoms with van der Waals surface area (Å²) in [5, 5.41) is 13.1. The van der Waals surface area contributed by atoms with Crippen LogP contribution < -0.4 is 5.32 Å². The lowest BCUT2D eigenvalue weighted by atomic mass is 10.4. The van der Waals surface area contributed by atoms with Gasteiger partial charge in [-0.25, -0.2) is 0 Å². The number of aromatic nitrogens is 3. The van der Waals surface area contributed by atoms with Crippen molar-refractivity contribution in [1.82, 2.24) is 20.1 Å². The normalized spacial score (nSPS) is 19.8. The number of hydrogen-bond donors (Lipinski definition) is 1. The van der Waals surface area contributed by atoms with E-state index in [1.54, 1.807) is 0 Å². The van der Waals surface area contributed by atoms with Crippen LogP contribution in [-0.4, -0.2) is 34.1 Å². The fourth-order valence-electron chi connectivity index (χ4n) is 2.10. The lowest BCUT2D eigenvalue weighted by Gasteiger charge is -2.07. The van der Waals surface area contributed by atoms with E-state index in [0.29, 0.717) is 6.04 Å². The smallest absolute Gasteiger partial charge is 0.191 e. The molecule has 2 fully saturated rings. The number of nitrogens with zero attached hydrogens (tertiary/aromatic N) is 3. The van der Waals surface area contributed by atoms with E-state index in [1.807, 2.05) is 18.8 Å². The van der Waals surface area contributed by atoms with Crippen molar-refractivity contribution in [2.45, 2.75) is 49.2 Å². The molecule has 0 spiro atoms. The van der Waals surface area contributed by atoms with E-state index >= 15 is 0 Å². The Bertz CT molecular complexity index is 382. The fraction of sp³-hybridized carbons (Fsp3) is 0.833. The predicted molar refractivity (Wildman–Crippen MR) is 69.5 cm³/mol. The van der Waals surface area contributed by atoms with Gasteiger partial charge in [0.15, 0.2) is 5.16 Å². The molecule has 0 saturated heterocycles. The van der Waals surface area contributed by atoms with Crippen LogP contribution in [-0.2, 0) is 0 Å². The van der Waals surface area contributed by atoms with Crippen LogP contribution in [0.5, 0.6) is 0 Å². The van der Waals surface area contributed by atoms with Crippen molar-refractivity contribution < 1.29 is 0 Å². The molecule has 17 heavy (non-hydrogen) atoms. The molecule has 0 bridgehead atoms. The SMILES string of the molecule is CNCCCSc1nnc(C2CC2)n1C1CC1. The molecule has 0 unspecified atom stereocenters. The van der Waals surface area contributed by atoms with Crippen molar-refractivity contribution >= 4 is 11.8 Å². The second kappa shape index (κ2) is 4.98. The Hall–Kier alpha value is -0.550. The zero-order valence-electron chi connectivity index (χ0n) is 10.4. The van der Waals surface area contributed by atoms with Crippen molar-refractivity contribution in [3.63, 3.8) is 0 Å². The Morgan fingerprint density at radius 2 is 2.12 bits per heavy atom. The largest absolute Gasteiger partial charge is 0.320 e. The Balaban J connectivity index is 1.66. The molecule has 0 aliphatic heterocycles. The average Bonchev–Trinajstić information content (AvgIpc) is 3.23. The van der Waals surface area contributed by atoms with E-state index in [-0.39, 0.29) is 0 Å². The van der Waals surface area contributed by atoms with E-state index in [1.165, 1.54) is 37.9 Å². The summed E-state index contributed by atoms with van der Waals surface area (Å²) in [6.45, 7) is 1.08. The monoisotopic (exact) mass is 252 g/mol. The summed E-state index contributed by atoms with van der Waals surface area (Å²) in [7, 11) is 2.00. The van der Waals surface area contributed by atoms with Gasteiger partial charge in [0, 0.05) is 17.7 Å². The minimum atomic E-state index is 0.715. The summed E-state index contributed by atoms with van der Waals surface area (Å²) in [6, 6.07) is 0.715. The van der Waals surface area contributed by atoms with Crippen LogP contribution in [0.3, 0.4) is 0 Å². The molecule has 2 aliphatic rings. The van der Waals surface area contributed by atoms with Gasteiger partial charge in [-0.3, -0.25) is 0 Å². The molecule has 0 atom stereocenters. The van der Waals surface area contributed by atoms with Gasteiger partial charge in [0.25, 0.3) is 0 Å². The van der Waals surface area contributed by atoms with Crippen molar-refractivity contribution in [3.05, 3.63) is 5.82 Å². The Kier molecular flexibility index (Phi) is 3.38. The van der Waals surface area contributed by atoms with E-state index in [4.69, 9.17) is 0 Å². The molecule has 94 valence electrons. The van der Waals surface area contributed by atoms with E-state index < -0.39 is 0 Å². The molecule has 0 aromatic carbocycles. The van der Waals surface area contributed by atoms with Gasteiger partial charge >= 0.3 is 0 Å². The van der Waals surface area contributed by atoms with Gasteiger partial charge in [0.2, 0.25) is 0 Å². The highest BCUT2D eigenvalue weighted by molar-refractivity contribution is 7.99. The number of rotatable bonds is 7. The highest BCUT2D eigenvalue weighted by Gasteiger charge is 2.36. The molecule has 1 heterocycles. The van der Waals surface area contributed by atoms with Gasteiger partial charge in [-0.05, 0) is 45.7 Å². The van der Waals surface area contributed by atoms with Crippen molar-refractivity contribution in [2.24, 2.45) is 0 Å².